The maximum Gasteiger partial charge on any atom is 0.494 e. The lowest BCUT2D eigenvalue weighted by atomic mass is 9.79. The fraction of sp³-hybridized carbons (Fsp3) is 0.519. The second kappa shape index (κ2) is 10.3. The van der Waals surface area contributed by atoms with Gasteiger partial charge in [-0.25, -0.2) is 4.79 Å². The van der Waals surface area contributed by atoms with Crippen molar-refractivity contribution in [2.45, 2.75) is 90.6 Å². The van der Waals surface area contributed by atoms with E-state index in [9.17, 15) is 18.0 Å². The highest BCUT2D eigenvalue weighted by Gasteiger charge is 2.51. The van der Waals surface area contributed by atoms with E-state index in [2.05, 4.69) is 10.6 Å². The Morgan fingerprint density at radius 3 is 1.92 bits per heavy atom. The molecule has 2 aromatic carbocycles. The zero-order valence-electron chi connectivity index (χ0n) is 23.6. The molecule has 0 spiro atoms. The fourth-order valence-electron chi connectivity index (χ4n) is 3.51. The van der Waals surface area contributed by atoms with Crippen LogP contribution in [0.2, 0.25) is 18.1 Å². The summed E-state index contributed by atoms with van der Waals surface area (Å²) in [5.41, 5.74) is -0.461. The van der Waals surface area contributed by atoms with E-state index in [1.165, 1.54) is 12.1 Å². The van der Waals surface area contributed by atoms with Crippen LogP contribution in [0.4, 0.5) is 29.3 Å². The third-order valence-corrected chi connectivity index (χ3v) is 12.2. The molecule has 0 radical (unpaired) electrons. The van der Waals surface area contributed by atoms with Crippen molar-refractivity contribution < 1.29 is 31.7 Å². The average Bonchev–Trinajstić information content (AvgIpc) is 2.98. The average molecular weight is 551 g/mol. The van der Waals surface area contributed by atoms with Gasteiger partial charge in [0.15, 0.2) is 8.32 Å². The van der Waals surface area contributed by atoms with E-state index < -0.39 is 44.4 Å². The van der Waals surface area contributed by atoms with Crippen molar-refractivity contribution >= 4 is 38.3 Å². The highest BCUT2D eigenvalue weighted by atomic mass is 28.4. The Labute approximate surface area is 224 Å². The van der Waals surface area contributed by atoms with Crippen LogP contribution in [0.3, 0.4) is 0 Å². The maximum atomic E-state index is 13.8. The number of anilines is 2. The number of nitrogens with one attached hydrogen (secondary N) is 2. The van der Waals surface area contributed by atoms with E-state index in [1.807, 2.05) is 61.6 Å². The van der Waals surface area contributed by atoms with Gasteiger partial charge in [-0.15, -0.1) is 0 Å². The van der Waals surface area contributed by atoms with Crippen LogP contribution in [-0.4, -0.2) is 32.7 Å². The molecule has 2 aromatic rings. The molecule has 0 unspecified atom stereocenters. The molecule has 0 bridgehead atoms. The van der Waals surface area contributed by atoms with Crippen LogP contribution in [-0.2, 0) is 26.5 Å². The predicted molar refractivity (Wildman–Crippen MR) is 148 cm³/mol. The Hall–Kier alpha value is -2.34. The molecule has 1 fully saturated rings. The van der Waals surface area contributed by atoms with Gasteiger partial charge in [0.1, 0.15) is 0 Å². The molecule has 0 saturated carbocycles. The molecule has 0 aromatic heterocycles. The Morgan fingerprint density at radius 1 is 0.921 bits per heavy atom. The third-order valence-electron chi connectivity index (χ3n) is 7.76. The summed E-state index contributed by atoms with van der Waals surface area (Å²) < 4.78 is 59.6. The lowest BCUT2D eigenvalue weighted by Gasteiger charge is -2.36. The quantitative estimate of drug-likeness (QED) is 0.374. The highest BCUT2D eigenvalue weighted by molar-refractivity contribution is 6.74. The molecule has 1 aliphatic rings. The second-order valence-electron chi connectivity index (χ2n) is 12.2. The standard InChI is InChI=1S/C27H38BF3N2O4Si/c1-24(2,3)38(8,9)35-17-18-10-13-21(16-22(18)27(29,30)31)33-23(34)32-20-14-11-19(12-15-20)28-36-25(4,5)26(6,7)37-28/h10-16H,17H2,1-9H3,(H2,32,33,34). The van der Waals surface area contributed by atoms with E-state index in [0.717, 1.165) is 11.5 Å². The van der Waals surface area contributed by atoms with Gasteiger partial charge in [0.25, 0.3) is 0 Å². The number of rotatable bonds is 6. The first kappa shape index (κ1) is 30.2. The molecule has 11 heteroatoms. The van der Waals surface area contributed by atoms with E-state index in [0.29, 0.717) is 5.69 Å². The first-order valence-electron chi connectivity index (χ1n) is 12.6. The van der Waals surface area contributed by atoms with E-state index >= 15 is 0 Å². The molecule has 38 heavy (non-hydrogen) atoms. The van der Waals surface area contributed by atoms with E-state index in [-0.39, 0.29) is 22.9 Å². The number of benzene rings is 2. The summed E-state index contributed by atoms with van der Waals surface area (Å²) in [5, 5.41) is 5.00. The van der Waals surface area contributed by atoms with Crippen LogP contribution in [0.5, 0.6) is 0 Å². The molecule has 0 atom stereocenters. The zero-order chi connectivity index (χ0) is 28.7. The largest absolute Gasteiger partial charge is 0.494 e. The number of urea groups is 1. The van der Waals surface area contributed by atoms with E-state index in [1.54, 1.807) is 24.3 Å². The summed E-state index contributed by atoms with van der Waals surface area (Å²) in [6.45, 7) is 17.8. The Kier molecular flexibility index (Phi) is 8.21. The summed E-state index contributed by atoms with van der Waals surface area (Å²) in [7, 11) is -2.78. The van der Waals surface area contributed by atoms with Crippen molar-refractivity contribution in [1.29, 1.82) is 0 Å². The Morgan fingerprint density at radius 2 is 1.42 bits per heavy atom. The first-order valence-corrected chi connectivity index (χ1v) is 15.5. The van der Waals surface area contributed by atoms with Gasteiger partial charge in [0, 0.05) is 11.4 Å². The number of hydrogen-bond donors (Lipinski definition) is 2. The minimum absolute atomic E-state index is 0.0275. The van der Waals surface area contributed by atoms with Crippen molar-refractivity contribution in [3.8, 4) is 0 Å². The highest BCUT2D eigenvalue weighted by Crippen LogP contribution is 2.39. The van der Waals surface area contributed by atoms with Gasteiger partial charge in [-0.3, -0.25) is 0 Å². The van der Waals surface area contributed by atoms with Crippen LogP contribution in [0.1, 0.15) is 59.6 Å². The molecule has 3 rings (SSSR count). The topological polar surface area (TPSA) is 68.8 Å². The van der Waals surface area contributed by atoms with Gasteiger partial charge in [-0.1, -0.05) is 39.0 Å². The summed E-state index contributed by atoms with van der Waals surface area (Å²) in [4.78, 5) is 12.5. The van der Waals surface area contributed by atoms with Crippen molar-refractivity contribution in [3.63, 3.8) is 0 Å². The number of carbonyl (C=O) groups is 1. The number of carbonyl (C=O) groups excluding carboxylic acids is 1. The molecule has 2 amide bonds. The molecule has 1 heterocycles. The van der Waals surface area contributed by atoms with Crippen LogP contribution in [0, 0.1) is 0 Å². The smallest absolute Gasteiger partial charge is 0.413 e. The second-order valence-corrected chi connectivity index (χ2v) is 17.0. The van der Waals surface area contributed by atoms with Gasteiger partial charge in [-0.05, 0) is 81.1 Å². The maximum absolute atomic E-state index is 13.8. The number of halogens is 3. The van der Waals surface area contributed by atoms with Crippen LogP contribution in [0.25, 0.3) is 0 Å². The first-order chi connectivity index (χ1) is 17.2. The van der Waals surface area contributed by atoms with Gasteiger partial charge in [0.05, 0.1) is 23.4 Å². The molecule has 6 nitrogen and oxygen atoms in total. The van der Waals surface area contributed by atoms with Crippen molar-refractivity contribution in [3.05, 3.63) is 53.6 Å². The van der Waals surface area contributed by atoms with Crippen molar-refractivity contribution in [1.82, 2.24) is 0 Å². The minimum Gasteiger partial charge on any atom is -0.413 e. The van der Waals surface area contributed by atoms with Gasteiger partial charge < -0.3 is 24.4 Å². The summed E-state index contributed by atoms with van der Waals surface area (Å²) in [6, 6.07) is 9.99. The van der Waals surface area contributed by atoms with Gasteiger partial charge >= 0.3 is 19.3 Å². The van der Waals surface area contributed by atoms with Crippen LogP contribution >= 0.6 is 0 Å². The predicted octanol–water partition coefficient (Wildman–Crippen LogP) is 7.17. The zero-order valence-corrected chi connectivity index (χ0v) is 24.6. The lowest BCUT2D eigenvalue weighted by molar-refractivity contribution is -0.138. The van der Waals surface area contributed by atoms with E-state index in [4.69, 9.17) is 13.7 Å². The van der Waals surface area contributed by atoms with Crippen LogP contribution < -0.4 is 16.1 Å². The van der Waals surface area contributed by atoms with Crippen molar-refractivity contribution in [2.24, 2.45) is 0 Å². The van der Waals surface area contributed by atoms with Gasteiger partial charge in [-0.2, -0.15) is 13.2 Å². The molecular formula is C27H38BF3N2O4Si. The fourth-order valence-corrected chi connectivity index (χ4v) is 4.46. The summed E-state index contributed by atoms with van der Waals surface area (Å²) >= 11 is 0. The van der Waals surface area contributed by atoms with Gasteiger partial charge in [0.2, 0.25) is 0 Å². The molecule has 2 N–H and O–H groups in total. The van der Waals surface area contributed by atoms with Crippen LogP contribution in [0.15, 0.2) is 42.5 Å². The molecule has 0 aliphatic carbocycles. The molecule has 208 valence electrons. The Bertz CT molecular complexity index is 1150. The van der Waals surface area contributed by atoms with Crippen molar-refractivity contribution in [2.75, 3.05) is 10.6 Å². The summed E-state index contributed by atoms with van der Waals surface area (Å²) in [6.07, 6.45) is -4.59. The SMILES string of the molecule is CC1(C)OB(c2ccc(NC(=O)Nc3ccc(CO[Si](C)(C)C(C)(C)C)c(C(F)(F)F)c3)cc2)OC1(C)C. The lowest BCUT2D eigenvalue weighted by Crippen LogP contribution is -2.41. The minimum atomic E-state index is -4.59. The Balaban J connectivity index is 1.67. The number of alkyl halides is 3. The molecule has 1 saturated heterocycles. The monoisotopic (exact) mass is 550 g/mol. The molecule has 1 aliphatic heterocycles. The molecular weight excluding hydrogens is 512 g/mol. The summed E-state index contributed by atoms with van der Waals surface area (Å²) in [5.74, 6) is 0. The number of hydrogen-bond acceptors (Lipinski definition) is 4. The number of amides is 2. The third kappa shape index (κ3) is 6.80. The normalized spacial score (nSPS) is 17.4.